The number of halogens is 4. The van der Waals surface area contributed by atoms with Crippen LogP contribution in [0.25, 0.3) is 6.08 Å². The number of hydrogen-bond donors (Lipinski definition) is 3. The summed E-state index contributed by atoms with van der Waals surface area (Å²) in [5.41, 5.74) is 1.35. The number of carbonyl (C=O) groups excluding carboxylic acids is 1. The van der Waals surface area contributed by atoms with Gasteiger partial charge in [0.25, 0.3) is 5.91 Å². The van der Waals surface area contributed by atoms with Crippen molar-refractivity contribution < 1.29 is 18.7 Å². The van der Waals surface area contributed by atoms with Crippen molar-refractivity contribution in [3.8, 4) is 0 Å². The van der Waals surface area contributed by atoms with Gasteiger partial charge < -0.3 is 15.7 Å². The molecule has 0 spiro atoms. The van der Waals surface area contributed by atoms with Crippen LogP contribution < -0.4 is 10.6 Å². The third-order valence-electron chi connectivity index (χ3n) is 3.41. The third kappa shape index (κ3) is 8.14. The van der Waals surface area contributed by atoms with Gasteiger partial charge >= 0.3 is 0 Å². The van der Waals surface area contributed by atoms with Gasteiger partial charge in [-0.3, -0.25) is 9.18 Å². The van der Waals surface area contributed by atoms with E-state index in [1.165, 1.54) is 0 Å². The van der Waals surface area contributed by atoms with Crippen LogP contribution in [0.3, 0.4) is 0 Å². The molecule has 0 unspecified atom stereocenters. The molecule has 0 heterocycles. The molecule has 1 aromatic rings. The van der Waals surface area contributed by atoms with E-state index in [9.17, 15) is 18.7 Å². The molecule has 2 atom stereocenters. The molecule has 8 heteroatoms. The molecular formula is C17H22Cl2F2N2O2. The first-order valence-electron chi connectivity index (χ1n) is 7.85. The van der Waals surface area contributed by atoms with Crippen LogP contribution in [0.2, 0.25) is 0 Å². The molecule has 1 amide bonds. The molecule has 1 aromatic carbocycles. The van der Waals surface area contributed by atoms with Gasteiger partial charge in [0, 0.05) is 6.54 Å². The number of aliphatic hydroxyl groups is 1. The second-order valence-corrected chi connectivity index (χ2v) is 6.43. The van der Waals surface area contributed by atoms with Crippen LogP contribution in [0.5, 0.6) is 0 Å². The van der Waals surface area contributed by atoms with Crippen LogP contribution >= 0.6 is 23.2 Å². The average molecular weight is 395 g/mol. The fourth-order valence-corrected chi connectivity index (χ4v) is 2.18. The molecule has 3 N–H and O–H groups in total. The minimum atomic E-state index is -1.33. The Morgan fingerprint density at radius 1 is 1.24 bits per heavy atom. The van der Waals surface area contributed by atoms with Crippen LogP contribution in [0.15, 0.2) is 30.3 Å². The van der Waals surface area contributed by atoms with Gasteiger partial charge in [-0.25, -0.2) is 4.39 Å². The zero-order valence-corrected chi connectivity index (χ0v) is 15.1. The first-order valence-corrected chi connectivity index (χ1v) is 8.72. The number of carbonyl (C=O) groups is 1. The number of benzene rings is 1. The van der Waals surface area contributed by atoms with Gasteiger partial charge in [-0.15, -0.1) is 0 Å². The number of rotatable bonds is 11. The second-order valence-electron chi connectivity index (χ2n) is 5.33. The Morgan fingerprint density at radius 2 is 1.92 bits per heavy atom. The summed E-state index contributed by atoms with van der Waals surface area (Å²) in [6, 6.07) is 5.69. The molecule has 0 aliphatic rings. The molecule has 1 rings (SSSR count). The average Bonchev–Trinajstić information content (AvgIpc) is 2.62. The Morgan fingerprint density at radius 3 is 2.48 bits per heavy atom. The van der Waals surface area contributed by atoms with Gasteiger partial charge in [-0.2, -0.15) is 0 Å². The highest BCUT2D eigenvalue weighted by Crippen LogP contribution is 2.19. The van der Waals surface area contributed by atoms with Crippen molar-refractivity contribution in [2.75, 3.05) is 26.4 Å². The van der Waals surface area contributed by atoms with E-state index < -0.39 is 29.6 Å². The molecule has 4 nitrogen and oxygen atoms in total. The summed E-state index contributed by atoms with van der Waals surface area (Å²) >= 11 is 10.8. The summed E-state index contributed by atoms with van der Waals surface area (Å²) in [5, 5.41) is 15.5. The Kier molecular flexibility index (Phi) is 10.6. The van der Waals surface area contributed by atoms with Gasteiger partial charge in [0.2, 0.25) is 0 Å². The topological polar surface area (TPSA) is 61.4 Å². The zero-order valence-electron chi connectivity index (χ0n) is 13.6. The minimum Gasteiger partial charge on any atom is -0.386 e. The van der Waals surface area contributed by atoms with E-state index in [0.717, 1.165) is 5.56 Å². The SMILES string of the molecule is O=C(N[C@H](CF)[C@H](O)c1ccc(/C=C/CNCCCF)cc1)C(Cl)Cl. The zero-order chi connectivity index (χ0) is 18.7. The summed E-state index contributed by atoms with van der Waals surface area (Å²) in [4.78, 5) is 10.1. The van der Waals surface area contributed by atoms with E-state index in [4.69, 9.17) is 23.2 Å². The summed E-state index contributed by atoms with van der Waals surface area (Å²) in [5.74, 6) is -0.759. The number of alkyl halides is 4. The summed E-state index contributed by atoms with van der Waals surface area (Å²) in [7, 11) is 0. The van der Waals surface area contributed by atoms with Crippen LogP contribution in [-0.2, 0) is 4.79 Å². The maximum atomic E-state index is 13.1. The fourth-order valence-electron chi connectivity index (χ4n) is 2.06. The van der Waals surface area contributed by atoms with Gasteiger partial charge in [0.15, 0.2) is 4.84 Å². The normalized spacial score (nSPS) is 14.0. The Bertz CT molecular complexity index is 542. The van der Waals surface area contributed by atoms with Crippen molar-refractivity contribution in [3.05, 3.63) is 41.5 Å². The van der Waals surface area contributed by atoms with Gasteiger partial charge in [0.1, 0.15) is 12.8 Å². The van der Waals surface area contributed by atoms with Crippen molar-refractivity contribution in [2.24, 2.45) is 0 Å². The maximum absolute atomic E-state index is 13.1. The number of aliphatic hydroxyl groups excluding tert-OH is 1. The highest BCUT2D eigenvalue weighted by Gasteiger charge is 2.24. The van der Waals surface area contributed by atoms with Gasteiger partial charge in [-0.05, 0) is 24.1 Å². The summed E-state index contributed by atoms with van der Waals surface area (Å²) in [6.45, 7) is -0.0526. The highest BCUT2D eigenvalue weighted by atomic mass is 35.5. The van der Waals surface area contributed by atoms with Crippen molar-refractivity contribution in [3.63, 3.8) is 0 Å². The maximum Gasteiger partial charge on any atom is 0.253 e. The van der Waals surface area contributed by atoms with E-state index >= 15 is 0 Å². The highest BCUT2D eigenvalue weighted by molar-refractivity contribution is 6.53. The van der Waals surface area contributed by atoms with E-state index in [0.29, 0.717) is 25.1 Å². The molecular weight excluding hydrogens is 373 g/mol. The first-order chi connectivity index (χ1) is 12.0. The van der Waals surface area contributed by atoms with Gasteiger partial charge in [-0.1, -0.05) is 59.6 Å². The van der Waals surface area contributed by atoms with E-state index in [-0.39, 0.29) is 6.67 Å². The lowest BCUT2D eigenvalue weighted by atomic mass is 10.0. The van der Waals surface area contributed by atoms with Crippen molar-refractivity contribution in [2.45, 2.75) is 23.4 Å². The predicted octanol–water partition coefficient (Wildman–Crippen LogP) is 2.94. The minimum absolute atomic E-state index is 0.336. The molecule has 0 aliphatic carbocycles. The van der Waals surface area contributed by atoms with Crippen molar-refractivity contribution >= 4 is 35.2 Å². The molecule has 25 heavy (non-hydrogen) atoms. The molecule has 140 valence electrons. The molecule has 0 aliphatic heterocycles. The van der Waals surface area contributed by atoms with Crippen molar-refractivity contribution in [1.29, 1.82) is 0 Å². The largest absolute Gasteiger partial charge is 0.386 e. The summed E-state index contributed by atoms with van der Waals surface area (Å²) < 4.78 is 25.0. The molecule has 0 bridgehead atoms. The lowest BCUT2D eigenvalue weighted by molar-refractivity contribution is -0.121. The number of hydrogen-bond acceptors (Lipinski definition) is 3. The lowest BCUT2D eigenvalue weighted by Crippen LogP contribution is -2.43. The Hall–Kier alpha value is -1.21. The lowest BCUT2D eigenvalue weighted by Gasteiger charge is -2.22. The monoisotopic (exact) mass is 394 g/mol. The number of amides is 1. The van der Waals surface area contributed by atoms with Crippen LogP contribution in [-0.4, -0.2) is 48.3 Å². The van der Waals surface area contributed by atoms with E-state index in [2.05, 4.69) is 10.6 Å². The Balaban J connectivity index is 2.58. The predicted molar refractivity (Wildman–Crippen MR) is 97.3 cm³/mol. The Labute approximate surface area is 156 Å². The fraction of sp³-hybridized carbons (Fsp3) is 0.471. The quantitative estimate of drug-likeness (QED) is 0.399. The van der Waals surface area contributed by atoms with Gasteiger partial charge in [0.05, 0.1) is 12.7 Å². The molecule has 0 aromatic heterocycles. The smallest absolute Gasteiger partial charge is 0.253 e. The molecule has 0 saturated carbocycles. The van der Waals surface area contributed by atoms with Crippen LogP contribution in [0, 0.1) is 0 Å². The number of nitrogens with one attached hydrogen (secondary N) is 2. The first kappa shape index (κ1) is 21.8. The molecule has 0 radical (unpaired) electrons. The molecule has 0 saturated heterocycles. The summed E-state index contributed by atoms with van der Waals surface area (Å²) in [6.07, 6.45) is 3.04. The van der Waals surface area contributed by atoms with E-state index in [1.807, 2.05) is 12.2 Å². The van der Waals surface area contributed by atoms with Crippen LogP contribution in [0.1, 0.15) is 23.7 Å². The van der Waals surface area contributed by atoms with Crippen molar-refractivity contribution in [1.82, 2.24) is 10.6 Å². The third-order valence-corrected chi connectivity index (χ3v) is 3.81. The van der Waals surface area contributed by atoms with Crippen LogP contribution in [0.4, 0.5) is 8.78 Å². The second kappa shape index (κ2) is 12.2. The molecule has 0 fully saturated rings. The van der Waals surface area contributed by atoms with E-state index in [1.54, 1.807) is 24.3 Å². The standard InChI is InChI=1S/C17H22Cl2F2N2O2/c18-16(19)17(25)23-14(11-21)15(24)13-6-4-12(5-7-13)3-1-9-22-10-2-8-20/h1,3-7,14-16,22,24H,2,8-11H2,(H,23,25)/b3-1+/t14-,15-/m1/s1.